The summed E-state index contributed by atoms with van der Waals surface area (Å²) in [4.78, 5) is 61.4. The molecule has 0 fully saturated rings. The number of aliphatic hydroxyl groups is 1. The molecule has 2 aromatic rings. The molecular weight excluding hydrogens is 484 g/mol. The highest BCUT2D eigenvalue weighted by atomic mass is 16.4. The minimum Gasteiger partial charge on any atom is -0.481 e. The quantitative estimate of drug-likeness (QED) is 0.161. The highest BCUT2D eigenvalue weighted by Gasteiger charge is 2.31. The molecule has 12 heteroatoms. The highest BCUT2D eigenvalue weighted by molar-refractivity contribution is 5.95. The minimum absolute atomic E-state index is 0.0241. The summed E-state index contributed by atoms with van der Waals surface area (Å²) in [6, 6.07) is 11.5. The van der Waals surface area contributed by atoms with Crippen LogP contribution in [0.3, 0.4) is 0 Å². The zero-order chi connectivity index (χ0) is 27.4. The topological polar surface area (TPSA) is 208 Å². The standard InChI is InChI=1S/C25H30N4O8/c26-17(14-30)22(33)27-18(11-15-7-3-1-4-8-15)23(34)28-19(13-21(31)32)24(35)29-20(25(36)37)12-16-9-5-2-6-10-16/h1-10,17-20,30H,11-14,26H2,(H,27,33)(H,28,34)(H,29,35)(H,31,32)(H,36,37). The van der Waals surface area contributed by atoms with Crippen molar-refractivity contribution in [1.29, 1.82) is 0 Å². The Bertz CT molecular complexity index is 1080. The van der Waals surface area contributed by atoms with E-state index in [-0.39, 0.29) is 12.8 Å². The largest absolute Gasteiger partial charge is 0.481 e. The molecule has 0 aliphatic carbocycles. The molecule has 0 aliphatic heterocycles. The number of hydrogen-bond acceptors (Lipinski definition) is 7. The Morgan fingerprint density at radius 2 is 1.11 bits per heavy atom. The lowest BCUT2D eigenvalue weighted by Gasteiger charge is -2.24. The number of carboxylic acids is 2. The SMILES string of the molecule is NC(CO)C(=O)NC(Cc1ccccc1)C(=O)NC(CC(=O)O)C(=O)NC(Cc1ccccc1)C(=O)O. The lowest BCUT2D eigenvalue weighted by molar-refractivity contribution is -0.143. The van der Waals surface area contributed by atoms with E-state index in [1.54, 1.807) is 60.7 Å². The number of hydrogen-bond donors (Lipinski definition) is 7. The number of aliphatic hydroxyl groups excluding tert-OH is 1. The molecule has 0 heterocycles. The first-order valence-electron chi connectivity index (χ1n) is 11.4. The molecule has 0 saturated carbocycles. The number of rotatable bonds is 14. The molecule has 8 N–H and O–H groups in total. The van der Waals surface area contributed by atoms with Crippen LogP contribution in [0.2, 0.25) is 0 Å². The van der Waals surface area contributed by atoms with E-state index in [0.717, 1.165) is 0 Å². The van der Waals surface area contributed by atoms with E-state index in [2.05, 4.69) is 16.0 Å². The van der Waals surface area contributed by atoms with Gasteiger partial charge in [-0.1, -0.05) is 60.7 Å². The molecule has 4 unspecified atom stereocenters. The van der Waals surface area contributed by atoms with Crippen LogP contribution in [0.25, 0.3) is 0 Å². The van der Waals surface area contributed by atoms with Crippen LogP contribution in [0.5, 0.6) is 0 Å². The van der Waals surface area contributed by atoms with E-state index in [1.165, 1.54) is 0 Å². The minimum atomic E-state index is -1.63. The average molecular weight is 515 g/mol. The molecule has 0 spiro atoms. The van der Waals surface area contributed by atoms with Crippen LogP contribution in [0.15, 0.2) is 60.7 Å². The molecule has 0 radical (unpaired) electrons. The van der Waals surface area contributed by atoms with Gasteiger partial charge in [0.1, 0.15) is 24.2 Å². The smallest absolute Gasteiger partial charge is 0.326 e. The van der Waals surface area contributed by atoms with E-state index in [1.807, 2.05) is 0 Å². The van der Waals surface area contributed by atoms with E-state index in [4.69, 9.17) is 10.8 Å². The number of amides is 3. The van der Waals surface area contributed by atoms with Crippen molar-refractivity contribution in [3.05, 3.63) is 71.8 Å². The summed E-state index contributed by atoms with van der Waals surface area (Å²) < 4.78 is 0. The Balaban J connectivity index is 2.21. The molecular formula is C25H30N4O8. The summed E-state index contributed by atoms with van der Waals surface area (Å²) in [7, 11) is 0. The molecule has 0 aromatic heterocycles. The number of benzene rings is 2. The van der Waals surface area contributed by atoms with Crippen molar-refractivity contribution in [2.24, 2.45) is 5.73 Å². The van der Waals surface area contributed by atoms with Crippen molar-refractivity contribution in [2.45, 2.75) is 43.4 Å². The second-order valence-electron chi connectivity index (χ2n) is 8.29. The predicted molar refractivity (Wildman–Crippen MR) is 131 cm³/mol. The summed E-state index contributed by atoms with van der Waals surface area (Å²) in [5.74, 6) is -5.49. The first kappa shape index (κ1) is 28.9. The lowest BCUT2D eigenvalue weighted by Crippen LogP contribution is -2.58. The average Bonchev–Trinajstić information content (AvgIpc) is 2.87. The fourth-order valence-corrected chi connectivity index (χ4v) is 3.40. The number of carbonyl (C=O) groups excluding carboxylic acids is 3. The first-order valence-corrected chi connectivity index (χ1v) is 11.4. The van der Waals surface area contributed by atoms with Crippen LogP contribution < -0.4 is 21.7 Å². The Hall–Kier alpha value is -4.29. The number of nitrogens with one attached hydrogen (secondary N) is 3. The summed E-state index contributed by atoms with van der Waals surface area (Å²) >= 11 is 0. The molecule has 37 heavy (non-hydrogen) atoms. The third-order valence-corrected chi connectivity index (χ3v) is 5.36. The maximum atomic E-state index is 13.1. The second-order valence-corrected chi connectivity index (χ2v) is 8.29. The van der Waals surface area contributed by atoms with Gasteiger partial charge >= 0.3 is 11.9 Å². The van der Waals surface area contributed by atoms with Crippen LogP contribution in [-0.4, -0.2) is 75.8 Å². The molecule has 4 atom stereocenters. The molecule has 12 nitrogen and oxygen atoms in total. The molecule has 3 amide bonds. The fourth-order valence-electron chi connectivity index (χ4n) is 3.40. The third-order valence-electron chi connectivity index (χ3n) is 5.36. The van der Waals surface area contributed by atoms with Gasteiger partial charge in [0.2, 0.25) is 17.7 Å². The Kier molecular flexibility index (Phi) is 11.2. The second kappa shape index (κ2) is 14.3. The summed E-state index contributed by atoms with van der Waals surface area (Å²) in [6.45, 7) is -0.673. The number of nitrogens with two attached hydrogens (primary N) is 1. The first-order chi connectivity index (χ1) is 17.6. The number of aliphatic carboxylic acids is 2. The fraction of sp³-hybridized carbons (Fsp3) is 0.320. The van der Waals surface area contributed by atoms with Crippen LogP contribution >= 0.6 is 0 Å². The van der Waals surface area contributed by atoms with E-state index in [0.29, 0.717) is 11.1 Å². The van der Waals surface area contributed by atoms with Gasteiger partial charge in [-0.25, -0.2) is 4.79 Å². The third kappa shape index (κ3) is 9.70. The van der Waals surface area contributed by atoms with Crippen molar-refractivity contribution >= 4 is 29.7 Å². The number of carboxylic acid groups (broad SMARTS) is 2. The Labute approximate surface area is 212 Å². The van der Waals surface area contributed by atoms with E-state index < -0.39 is 66.9 Å². The van der Waals surface area contributed by atoms with Crippen molar-refractivity contribution in [1.82, 2.24) is 16.0 Å². The monoisotopic (exact) mass is 514 g/mol. The van der Waals surface area contributed by atoms with Gasteiger partial charge in [0.15, 0.2) is 0 Å². The van der Waals surface area contributed by atoms with Gasteiger partial charge < -0.3 is 37.0 Å². The van der Waals surface area contributed by atoms with Gasteiger partial charge in [-0.2, -0.15) is 0 Å². The van der Waals surface area contributed by atoms with Gasteiger partial charge in [0, 0.05) is 12.8 Å². The molecule has 0 saturated heterocycles. The molecule has 0 aliphatic rings. The van der Waals surface area contributed by atoms with Crippen LogP contribution in [-0.2, 0) is 36.8 Å². The zero-order valence-electron chi connectivity index (χ0n) is 19.9. The van der Waals surface area contributed by atoms with Crippen LogP contribution in [0.4, 0.5) is 0 Å². The van der Waals surface area contributed by atoms with Gasteiger partial charge in [0.25, 0.3) is 0 Å². The van der Waals surface area contributed by atoms with E-state index >= 15 is 0 Å². The van der Waals surface area contributed by atoms with Gasteiger partial charge in [-0.05, 0) is 11.1 Å². The lowest BCUT2D eigenvalue weighted by atomic mass is 10.0. The van der Waals surface area contributed by atoms with Crippen molar-refractivity contribution < 1.29 is 39.3 Å². The van der Waals surface area contributed by atoms with Gasteiger partial charge in [-0.15, -0.1) is 0 Å². The van der Waals surface area contributed by atoms with Gasteiger partial charge in [0.05, 0.1) is 13.0 Å². The summed E-state index contributed by atoms with van der Waals surface area (Å²) in [5, 5.41) is 35.0. The molecule has 2 aromatic carbocycles. The molecule has 0 bridgehead atoms. The number of carbonyl (C=O) groups is 5. The van der Waals surface area contributed by atoms with Crippen molar-refractivity contribution in [3.8, 4) is 0 Å². The summed E-state index contributed by atoms with van der Waals surface area (Å²) in [5.41, 5.74) is 6.80. The molecule has 2 rings (SSSR count). The maximum Gasteiger partial charge on any atom is 0.326 e. The molecule has 198 valence electrons. The summed E-state index contributed by atoms with van der Waals surface area (Å²) in [6.07, 6.45) is -0.928. The Morgan fingerprint density at radius 3 is 1.57 bits per heavy atom. The maximum absolute atomic E-state index is 13.1. The predicted octanol–water partition coefficient (Wildman–Crippen LogP) is -1.19. The van der Waals surface area contributed by atoms with Crippen LogP contribution in [0, 0.1) is 0 Å². The normalized spacial score (nSPS) is 13.9. The van der Waals surface area contributed by atoms with E-state index in [9.17, 15) is 34.2 Å². The Morgan fingerprint density at radius 1 is 0.676 bits per heavy atom. The van der Waals surface area contributed by atoms with Gasteiger partial charge in [-0.3, -0.25) is 19.2 Å². The van der Waals surface area contributed by atoms with Crippen molar-refractivity contribution in [3.63, 3.8) is 0 Å². The highest BCUT2D eigenvalue weighted by Crippen LogP contribution is 2.07. The zero-order valence-corrected chi connectivity index (χ0v) is 19.9. The van der Waals surface area contributed by atoms with Crippen molar-refractivity contribution in [2.75, 3.05) is 6.61 Å². The van der Waals surface area contributed by atoms with Crippen LogP contribution in [0.1, 0.15) is 17.5 Å².